The van der Waals surface area contributed by atoms with Gasteiger partial charge in [-0.3, -0.25) is 9.59 Å². The second-order valence-corrected chi connectivity index (χ2v) is 8.94. The average molecular weight is 471 g/mol. The number of nitrogens with one attached hydrogen (secondary N) is 2. The molecule has 0 unspecified atom stereocenters. The van der Waals surface area contributed by atoms with Crippen LogP contribution in [-0.4, -0.2) is 30.9 Å². The summed E-state index contributed by atoms with van der Waals surface area (Å²) in [5, 5.41) is 8.04. The van der Waals surface area contributed by atoms with Crippen LogP contribution in [0.3, 0.4) is 0 Å². The fourth-order valence-electron chi connectivity index (χ4n) is 4.48. The first-order valence-corrected chi connectivity index (χ1v) is 12.0. The molecular weight excluding hydrogens is 440 g/mol. The van der Waals surface area contributed by atoms with Gasteiger partial charge in [-0.2, -0.15) is 0 Å². The molecule has 2 amide bonds. The highest BCUT2D eigenvalue weighted by atomic mass is 16.5. The van der Waals surface area contributed by atoms with E-state index in [4.69, 9.17) is 4.74 Å². The van der Waals surface area contributed by atoms with Gasteiger partial charge in [0, 0.05) is 17.7 Å². The molecule has 0 radical (unpaired) electrons. The lowest BCUT2D eigenvalue weighted by Crippen LogP contribution is -2.36. The van der Waals surface area contributed by atoms with Crippen molar-refractivity contribution in [3.63, 3.8) is 0 Å². The predicted octanol–water partition coefficient (Wildman–Crippen LogP) is 5.73. The molecule has 0 aliphatic heterocycles. The van der Waals surface area contributed by atoms with Gasteiger partial charge in [0.25, 0.3) is 5.91 Å². The first-order valence-electron chi connectivity index (χ1n) is 12.0. The van der Waals surface area contributed by atoms with E-state index in [2.05, 4.69) is 10.6 Å². The minimum atomic E-state index is -0.588. The molecule has 1 aliphatic carbocycles. The third kappa shape index (κ3) is 5.96. The van der Waals surface area contributed by atoms with Crippen LogP contribution in [0.2, 0.25) is 0 Å². The van der Waals surface area contributed by atoms with Gasteiger partial charge < -0.3 is 15.4 Å². The molecule has 3 aromatic carbocycles. The number of hydrogen-bond acceptors (Lipinski definition) is 4. The highest BCUT2D eigenvalue weighted by Gasteiger charge is 2.20. The summed E-state index contributed by atoms with van der Waals surface area (Å²) < 4.78 is 4.87. The molecule has 35 heavy (non-hydrogen) atoms. The highest BCUT2D eigenvalue weighted by molar-refractivity contribution is 6.09. The van der Waals surface area contributed by atoms with Crippen molar-refractivity contribution in [2.45, 2.75) is 45.1 Å². The van der Waals surface area contributed by atoms with Crippen molar-refractivity contribution in [3.05, 3.63) is 83.4 Å². The fourth-order valence-corrected chi connectivity index (χ4v) is 4.48. The Bertz CT molecular complexity index is 1290. The third-order valence-electron chi connectivity index (χ3n) is 6.44. The molecule has 4 rings (SSSR count). The zero-order valence-corrected chi connectivity index (χ0v) is 20.1. The number of carbonyl (C=O) groups excluding carboxylic acids is 3. The Kier molecular flexibility index (Phi) is 7.60. The Morgan fingerprint density at radius 3 is 2.34 bits per heavy atom. The summed E-state index contributed by atoms with van der Waals surface area (Å²) in [5.74, 6) is -1.20. The number of amides is 2. The number of ether oxygens (including phenoxy) is 1. The summed E-state index contributed by atoms with van der Waals surface area (Å²) in [6.45, 7) is 1.86. The highest BCUT2D eigenvalue weighted by Crippen LogP contribution is 2.23. The topological polar surface area (TPSA) is 84.5 Å². The van der Waals surface area contributed by atoms with E-state index in [9.17, 15) is 14.4 Å². The monoisotopic (exact) mass is 470 g/mol. The van der Waals surface area contributed by atoms with Gasteiger partial charge in [-0.05, 0) is 65.9 Å². The molecule has 0 bridgehead atoms. The van der Waals surface area contributed by atoms with Crippen molar-refractivity contribution in [3.8, 4) is 0 Å². The summed E-state index contributed by atoms with van der Waals surface area (Å²) in [7, 11) is 1.28. The van der Waals surface area contributed by atoms with Gasteiger partial charge in [-0.15, -0.1) is 0 Å². The minimum Gasteiger partial charge on any atom is -0.465 e. The van der Waals surface area contributed by atoms with E-state index in [-0.39, 0.29) is 23.2 Å². The minimum absolute atomic E-state index is 0.155. The largest absolute Gasteiger partial charge is 0.465 e. The normalized spacial score (nSPS) is 14.4. The van der Waals surface area contributed by atoms with E-state index in [0.717, 1.165) is 47.6 Å². The number of methoxy groups -OCH3 is 1. The van der Waals surface area contributed by atoms with E-state index in [1.165, 1.54) is 31.7 Å². The molecule has 6 nitrogen and oxygen atoms in total. The third-order valence-corrected chi connectivity index (χ3v) is 6.44. The molecule has 0 saturated heterocycles. The predicted molar refractivity (Wildman–Crippen MR) is 138 cm³/mol. The molecule has 1 saturated carbocycles. The molecule has 1 aliphatic rings. The Labute approximate surface area is 205 Å². The lowest BCUT2D eigenvalue weighted by Gasteiger charge is -2.23. The molecule has 6 heteroatoms. The number of allylic oxidation sites excluding steroid dienone is 1. The van der Waals surface area contributed by atoms with Crippen LogP contribution in [0.25, 0.3) is 16.3 Å². The van der Waals surface area contributed by atoms with E-state index in [1.54, 1.807) is 6.07 Å². The molecule has 0 aromatic heterocycles. The van der Waals surface area contributed by atoms with Gasteiger partial charge in [0.15, 0.2) is 0 Å². The maximum absolute atomic E-state index is 12.9. The number of anilines is 1. The van der Waals surface area contributed by atoms with Gasteiger partial charge in [0.1, 0.15) is 0 Å². The number of benzene rings is 3. The van der Waals surface area contributed by atoms with Crippen LogP contribution >= 0.6 is 0 Å². The number of fused-ring (bicyclic) bond motifs is 1. The molecule has 0 spiro atoms. The van der Waals surface area contributed by atoms with Crippen molar-refractivity contribution < 1.29 is 19.1 Å². The van der Waals surface area contributed by atoms with Gasteiger partial charge in [-0.1, -0.05) is 55.7 Å². The van der Waals surface area contributed by atoms with Crippen LogP contribution in [0.15, 0.2) is 66.7 Å². The molecule has 0 heterocycles. The summed E-state index contributed by atoms with van der Waals surface area (Å²) in [6.07, 6.45) is 6.83. The zero-order chi connectivity index (χ0) is 24.8. The molecule has 1 fully saturated rings. The second-order valence-electron chi connectivity index (χ2n) is 8.94. The number of carbonyl (C=O) groups is 3. The number of rotatable bonds is 6. The van der Waals surface area contributed by atoms with E-state index in [1.807, 2.05) is 49.4 Å². The number of hydrogen-bond donors (Lipinski definition) is 2. The van der Waals surface area contributed by atoms with Crippen molar-refractivity contribution in [2.75, 3.05) is 12.4 Å². The van der Waals surface area contributed by atoms with E-state index < -0.39 is 11.9 Å². The van der Waals surface area contributed by atoms with Crippen molar-refractivity contribution in [2.24, 2.45) is 0 Å². The van der Waals surface area contributed by atoms with Crippen LogP contribution in [0.1, 0.15) is 65.3 Å². The summed E-state index contributed by atoms with van der Waals surface area (Å²) in [6, 6.07) is 18.8. The molecule has 2 N–H and O–H groups in total. The van der Waals surface area contributed by atoms with E-state index >= 15 is 0 Å². The molecule has 3 aromatic rings. The summed E-state index contributed by atoms with van der Waals surface area (Å²) >= 11 is 0. The Morgan fingerprint density at radius 2 is 1.60 bits per heavy atom. The van der Waals surface area contributed by atoms with Gasteiger partial charge in [0.05, 0.1) is 18.4 Å². The standard InChI is InChI=1S/C29H30N2O4/c1-19(21-13-12-20-8-6-7-9-22(20)17-21)16-27(32)31-26-18-23(14-15-25(26)29(34)35-2)28(33)30-24-10-4-3-5-11-24/h6-9,12-18,24H,3-5,10-11H2,1-2H3,(H,30,33)(H,31,32)/b19-16-. The first kappa shape index (κ1) is 24.2. The second kappa shape index (κ2) is 11.0. The molecule has 0 atom stereocenters. The Balaban J connectivity index is 1.55. The molecular formula is C29H30N2O4. The van der Waals surface area contributed by atoms with Gasteiger partial charge >= 0.3 is 5.97 Å². The zero-order valence-electron chi connectivity index (χ0n) is 20.1. The smallest absolute Gasteiger partial charge is 0.339 e. The van der Waals surface area contributed by atoms with E-state index in [0.29, 0.717) is 5.56 Å². The van der Waals surface area contributed by atoms with Crippen molar-refractivity contribution in [1.82, 2.24) is 5.32 Å². The van der Waals surface area contributed by atoms with Crippen LogP contribution in [0, 0.1) is 0 Å². The first-order chi connectivity index (χ1) is 16.9. The van der Waals surface area contributed by atoms with Crippen LogP contribution in [0.5, 0.6) is 0 Å². The van der Waals surface area contributed by atoms with Crippen LogP contribution in [-0.2, 0) is 9.53 Å². The van der Waals surface area contributed by atoms with Gasteiger partial charge in [0.2, 0.25) is 5.91 Å². The average Bonchev–Trinajstić information content (AvgIpc) is 2.88. The number of esters is 1. The van der Waals surface area contributed by atoms with Crippen LogP contribution < -0.4 is 10.6 Å². The maximum atomic E-state index is 12.9. The quantitative estimate of drug-likeness (QED) is 0.356. The summed E-state index contributed by atoms with van der Waals surface area (Å²) in [5.41, 5.74) is 2.51. The molecule has 180 valence electrons. The van der Waals surface area contributed by atoms with Crippen molar-refractivity contribution >= 4 is 39.8 Å². The fraction of sp³-hybridized carbons (Fsp3) is 0.276. The lowest BCUT2D eigenvalue weighted by molar-refractivity contribution is -0.111. The Hall–Kier alpha value is -3.93. The maximum Gasteiger partial charge on any atom is 0.339 e. The SMILES string of the molecule is COC(=O)c1ccc(C(=O)NC2CCCCC2)cc1NC(=O)/C=C(/C)c1ccc2ccccc2c1. The Morgan fingerprint density at radius 1 is 0.886 bits per heavy atom. The summed E-state index contributed by atoms with van der Waals surface area (Å²) in [4.78, 5) is 38.0. The van der Waals surface area contributed by atoms with Gasteiger partial charge in [-0.25, -0.2) is 4.79 Å². The van der Waals surface area contributed by atoms with Crippen LogP contribution in [0.4, 0.5) is 5.69 Å². The van der Waals surface area contributed by atoms with Crippen molar-refractivity contribution in [1.29, 1.82) is 0 Å². The lowest BCUT2D eigenvalue weighted by atomic mass is 9.95.